The number of nitrogens with zero attached hydrogens (tertiary/aromatic N) is 3. The maximum atomic E-state index is 12.8. The average Bonchev–Trinajstić information content (AvgIpc) is 3.38. The van der Waals surface area contributed by atoms with Gasteiger partial charge < -0.3 is 14.6 Å². The van der Waals surface area contributed by atoms with Gasteiger partial charge in [-0.1, -0.05) is 56.3 Å². The van der Waals surface area contributed by atoms with Gasteiger partial charge in [0.2, 0.25) is 5.91 Å². The SMILES string of the molecule is CCCn1c(SCC(=O)Nc2scc(-c3cc(C)ccc3C)c2C(=O)OC)nnc1C(C)C. The van der Waals surface area contributed by atoms with Crippen LogP contribution in [0.15, 0.2) is 28.7 Å². The number of esters is 1. The number of rotatable bonds is 9. The van der Waals surface area contributed by atoms with Crippen molar-refractivity contribution in [2.75, 3.05) is 18.2 Å². The molecule has 0 bridgehead atoms. The van der Waals surface area contributed by atoms with Gasteiger partial charge in [-0.2, -0.15) is 0 Å². The lowest BCUT2D eigenvalue weighted by Crippen LogP contribution is -2.16. The maximum absolute atomic E-state index is 12.8. The first kappa shape index (κ1) is 25.0. The van der Waals surface area contributed by atoms with Crippen LogP contribution in [0.3, 0.4) is 0 Å². The zero-order valence-corrected chi connectivity index (χ0v) is 21.5. The first-order valence-corrected chi connectivity index (χ1v) is 12.8. The van der Waals surface area contributed by atoms with E-state index in [4.69, 9.17) is 4.74 Å². The fourth-order valence-corrected chi connectivity index (χ4v) is 5.28. The van der Waals surface area contributed by atoms with Gasteiger partial charge >= 0.3 is 5.97 Å². The molecule has 3 aromatic rings. The average molecular weight is 487 g/mol. The molecule has 0 fully saturated rings. The molecule has 1 aromatic carbocycles. The van der Waals surface area contributed by atoms with Crippen molar-refractivity contribution < 1.29 is 14.3 Å². The number of aromatic nitrogens is 3. The van der Waals surface area contributed by atoms with Crippen LogP contribution in [0.1, 0.15) is 60.4 Å². The van der Waals surface area contributed by atoms with Crippen molar-refractivity contribution in [3.8, 4) is 11.1 Å². The van der Waals surface area contributed by atoms with Gasteiger partial charge in [0.15, 0.2) is 5.16 Å². The Labute approximate surface area is 203 Å². The Kier molecular flexibility index (Phi) is 8.31. The minimum absolute atomic E-state index is 0.164. The number of amides is 1. The molecule has 0 spiro atoms. The predicted molar refractivity (Wildman–Crippen MR) is 134 cm³/mol. The van der Waals surface area contributed by atoms with Crippen molar-refractivity contribution in [3.05, 3.63) is 46.1 Å². The molecule has 0 saturated carbocycles. The summed E-state index contributed by atoms with van der Waals surface area (Å²) >= 11 is 2.67. The molecule has 0 radical (unpaired) electrons. The van der Waals surface area contributed by atoms with Crippen LogP contribution < -0.4 is 5.32 Å². The van der Waals surface area contributed by atoms with Gasteiger partial charge in [-0.25, -0.2) is 4.79 Å². The topological polar surface area (TPSA) is 86.1 Å². The summed E-state index contributed by atoms with van der Waals surface area (Å²) in [6.07, 6.45) is 0.955. The number of benzene rings is 1. The van der Waals surface area contributed by atoms with Gasteiger partial charge in [0.1, 0.15) is 16.4 Å². The normalized spacial score (nSPS) is 11.1. The standard InChI is InChI=1S/C24H30N4O3S2/c1-7-10-28-21(14(2)3)26-27-24(28)33-13-19(29)25-22-20(23(30)31-6)18(12-32-22)17-11-15(4)8-9-16(17)5/h8-9,11-12,14H,7,10,13H2,1-6H3,(H,25,29). The first-order chi connectivity index (χ1) is 15.8. The van der Waals surface area contributed by atoms with E-state index in [1.807, 2.05) is 37.4 Å². The van der Waals surface area contributed by atoms with Crippen molar-refractivity contribution >= 4 is 40.0 Å². The molecule has 0 saturated heterocycles. The van der Waals surface area contributed by atoms with E-state index in [-0.39, 0.29) is 17.6 Å². The molecule has 1 N–H and O–H groups in total. The third-order valence-electron chi connectivity index (χ3n) is 5.16. The van der Waals surface area contributed by atoms with Crippen LogP contribution in [0.4, 0.5) is 5.00 Å². The van der Waals surface area contributed by atoms with Gasteiger partial charge in [0.05, 0.1) is 12.9 Å². The summed E-state index contributed by atoms with van der Waals surface area (Å²) in [5.74, 6) is 0.654. The second-order valence-corrected chi connectivity index (χ2v) is 9.97. The summed E-state index contributed by atoms with van der Waals surface area (Å²) < 4.78 is 7.11. The molecule has 2 heterocycles. The third kappa shape index (κ3) is 5.65. The number of nitrogens with one attached hydrogen (secondary N) is 1. The lowest BCUT2D eigenvalue weighted by Gasteiger charge is -2.11. The van der Waals surface area contributed by atoms with Crippen LogP contribution >= 0.6 is 23.1 Å². The molecule has 0 aliphatic carbocycles. The molecule has 3 rings (SSSR count). The fourth-order valence-electron chi connectivity index (χ4n) is 3.54. The van der Waals surface area contributed by atoms with Crippen molar-refractivity contribution in [1.29, 1.82) is 0 Å². The van der Waals surface area contributed by atoms with Crippen molar-refractivity contribution in [2.45, 2.75) is 58.7 Å². The van der Waals surface area contributed by atoms with E-state index >= 15 is 0 Å². The Bertz CT molecular complexity index is 1150. The van der Waals surface area contributed by atoms with E-state index in [1.165, 1.54) is 30.2 Å². The number of aryl methyl sites for hydroxylation is 2. The number of methoxy groups -OCH3 is 1. The summed E-state index contributed by atoms with van der Waals surface area (Å²) in [6, 6.07) is 6.10. The largest absolute Gasteiger partial charge is 0.465 e. The van der Waals surface area contributed by atoms with E-state index in [9.17, 15) is 9.59 Å². The van der Waals surface area contributed by atoms with Gasteiger partial charge in [0, 0.05) is 23.4 Å². The van der Waals surface area contributed by atoms with Crippen LogP contribution in [-0.2, 0) is 16.1 Å². The number of thiophene rings is 1. The van der Waals surface area contributed by atoms with E-state index < -0.39 is 5.97 Å². The zero-order valence-electron chi connectivity index (χ0n) is 19.9. The summed E-state index contributed by atoms with van der Waals surface area (Å²) in [6.45, 7) is 11.1. The maximum Gasteiger partial charge on any atom is 0.341 e. The summed E-state index contributed by atoms with van der Waals surface area (Å²) in [7, 11) is 1.35. The third-order valence-corrected chi connectivity index (χ3v) is 7.02. The molecule has 7 nitrogen and oxygen atoms in total. The molecule has 176 valence electrons. The first-order valence-electron chi connectivity index (χ1n) is 10.9. The minimum Gasteiger partial charge on any atom is -0.465 e. The number of hydrogen-bond donors (Lipinski definition) is 1. The second kappa shape index (κ2) is 11.0. The van der Waals surface area contributed by atoms with Crippen LogP contribution in [0.25, 0.3) is 11.1 Å². The zero-order chi connectivity index (χ0) is 24.1. The second-order valence-electron chi connectivity index (χ2n) is 8.15. The van der Waals surface area contributed by atoms with E-state index in [0.717, 1.165) is 46.2 Å². The molecule has 0 unspecified atom stereocenters. The summed E-state index contributed by atoms with van der Waals surface area (Å²) in [4.78, 5) is 25.4. The van der Waals surface area contributed by atoms with Crippen molar-refractivity contribution in [1.82, 2.24) is 14.8 Å². The smallest absolute Gasteiger partial charge is 0.341 e. The molecule has 0 atom stereocenters. The molecular formula is C24H30N4O3S2. The van der Waals surface area contributed by atoms with Gasteiger partial charge in [-0.05, 0) is 31.4 Å². The highest BCUT2D eigenvalue weighted by atomic mass is 32.2. The summed E-state index contributed by atoms with van der Waals surface area (Å²) in [5.41, 5.74) is 4.24. The summed E-state index contributed by atoms with van der Waals surface area (Å²) in [5, 5.41) is 14.6. The Balaban J connectivity index is 1.81. The number of carbonyl (C=O) groups excluding carboxylic acids is 2. The molecule has 2 aromatic heterocycles. The monoisotopic (exact) mass is 486 g/mol. The van der Waals surface area contributed by atoms with Crippen LogP contribution in [0.5, 0.6) is 0 Å². The number of ether oxygens (including phenoxy) is 1. The molecule has 0 aliphatic rings. The number of anilines is 1. The highest BCUT2D eigenvalue weighted by Crippen LogP contribution is 2.38. The molecule has 33 heavy (non-hydrogen) atoms. The molecule has 1 amide bonds. The number of thioether (sulfide) groups is 1. The van der Waals surface area contributed by atoms with Crippen LogP contribution in [-0.4, -0.2) is 39.5 Å². The van der Waals surface area contributed by atoms with E-state index in [2.05, 4.69) is 40.9 Å². The van der Waals surface area contributed by atoms with Crippen molar-refractivity contribution in [2.24, 2.45) is 0 Å². The lowest BCUT2D eigenvalue weighted by molar-refractivity contribution is -0.113. The van der Waals surface area contributed by atoms with Gasteiger partial charge in [-0.15, -0.1) is 21.5 Å². The van der Waals surface area contributed by atoms with E-state index in [1.54, 1.807) is 0 Å². The lowest BCUT2D eigenvalue weighted by atomic mass is 9.97. The van der Waals surface area contributed by atoms with Gasteiger partial charge in [-0.3, -0.25) is 4.79 Å². The Hall–Kier alpha value is -2.65. The fraction of sp³-hybridized carbons (Fsp3) is 0.417. The van der Waals surface area contributed by atoms with Crippen molar-refractivity contribution in [3.63, 3.8) is 0 Å². The Morgan fingerprint density at radius 3 is 2.64 bits per heavy atom. The quantitative estimate of drug-likeness (QED) is 0.310. The highest BCUT2D eigenvalue weighted by molar-refractivity contribution is 7.99. The number of hydrogen-bond acceptors (Lipinski definition) is 7. The molecule has 0 aliphatic heterocycles. The van der Waals surface area contributed by atoms with Crippen LogP contribution in [0.2, 0.25) is 0 Å². The van der Waals surface area contributed by atoms with E-state index in [0.29, 0.717) is 10.6 Å². The molecular weight excluding hydrogens is 456 g/mol. The highest BCUT2D eigenvalue weighted by Gasteiger charge is 2.24. The Morgan fingerprint density at radius 1 is 1.21 bits per heavy atom. The Morgan fingerprint density at radius 2 is 1.97 bits per heavy atom. The van der Waals surface area contributed by atoms with Gasteiger partial charge in [0.25, 0.3) is 0 Å². The number of carbonyl (C=O) groups is 2. The van der Waals surface area contributed by atoms with Crippen LogP contribution in [0, 0.1) is 13.8 Å². The molecule has 9 heteroatoms. The minimum atomic E-state index is -0.473. The predicted octanol–water partition coefficient (Wildman–Crippen LogP) is 5.67.